The number of hydrogen-bond donors (Lipinski definition) is 2. The van der Waals surface area contributed by atoms with Crippen molar-refractivity contribution in [1.82, 2.24) is 15.1 Å². The van der Waals surface area contributed by atoms with Gasteiger partial charge < -0.3 is 11.1 Å². The average molecular weight is 361 g/mol. The highest BCUT2D eigenvalue weighted by Gasteiger charge is 2.48. The van der Waals surface area contributed by atoms with Gasteiger partial charge in [-0.1, -0.05) is 24.3 Å². The largest absolute Gasteiger partial charge is 0.352 e. The molecule has 0 aliphatic heterocycles. The van der Waals surface area contributed by atoms with E-state index in [4.69, 9.17) is 5.73 Å². The highest BCUT2D eigenvalue weighted by molar-refractivity contribution is 5.85. The summed E-state index contributed by atoms with van der Waals surface area (Å²) in [6.45, 7) is 1.27. The van der Waals surface area contributed by atoms with Crippen molar-refractivity contribution in [3.05, 3.63) is 53.9 Å². The Bertz CT molecular complexity index is 716. The SMILES string of the molecule is Cl.NC1C2CCC(C2)C1C(=O)NCc1ccccc1Cn1cccn1. The summed E-state index contributed by atoms with van der Waals surface area (Å²) in [5, 5.41) is 7.39. The lowest BCUT2D eigenvalue weighted by atomic mass is 9.84. The van der Waals surface area contributed by atoms with Gasteiger partial charge in [0.15, 0.2) is 0 Å². The maximum Gasteiger partial charge on any atom is 0.225 e. The van der Waals surface area contributed by atoms with Crippen LogP contribution in [0.3, 0.4) is 0 Å². The molecule has 6 heteroatoms. The van der Waals surface area contributed by atoms with Gasteiger partial charge in [0.1, 0.15) is 0 Å². The summed E-state index contributed by atoms with van der Waals surface area (Å²) in [7, 11) is 0. The van der Waals surface area contributed by atoms with Crippen molar-refractivity contribution in [3.8, 4) is 0 Å². The highest BCUT2D eigenvalue weighted by Crippen LogP contribution is 2.47. The Labute approximate surface area is 154 Å². The average Bonchev–Trinajstić information content (AvgIpc) is 3.31. The Kier molecular flexibility index (Phi) is 5.45. The molecule has 5 nitrogen and oxygen atoms in total. The van der Waals surface area contributed by atoms with Crippen LogP contribution in [0.25, 0.3) is 0 Å². The van der Waals surface area contributed by atoms with Crippen LogP contribution in [0.1, 0.15) is 30.4 Å². The van der Waals surface area contributed by atoms with E-state index < -0.39 is 0 Å². The van der Waals surface area contributed by atoms with Crippen molar-refractivity contribution < 1.29 is 4.79 Å². The molecular weight excluding hydrogens is 336 g/mol. The summed E-state index contributed by atoms with van der Waals surface area (Å²) in [4.78, 5) is 12.6. The van der Waals surface area contributed by atoms with E-state index in [1.54, 1.807) is 6.20 Å². The molecule has 4 rings (SSSR count). The van der Waals surface area contributed by atoms with Crippen molar-refractivity contribution in [3.63, 3.8) is 0 Å². The summed E-state index contributed by atoms with van der Waals surface area (Å²) >= 11 is 0. The topological polar surface area (TPSA) is 72.9 Å². The molecule has 134 valence electrons. The third kappa shape index (κ3) is 3.58. The van der Waals surface area contributed by atoms with Gasteiger partial charge >= 0.3 is 0 Å². The standard InChI is InChI=1S/C19H24N4O.ClH/c20-18-14-7-6-13(10-14)17(18)19(24)21-11-15-4-1-2-5-16(15)12-23-9-3-8-22-23;/h1-5,8-9,13-14,17-18H,6-7,10-12,20H2,(H,21,24);1H. The molecule has 0 saturated heterocycles. The third-order valence-electron chi connectivity index (χ3n) is 5.75. The number of carbonyl (C=O) groups excluding carboxylic acids is 1. The summed E-state index contributed by atoms with van der Waals surface area (Å²) in [5.74, 6) is 1.17. The fourth-order valence-electron chi connectivity index (χ4n) is 4.48. The maximum absolute atomic E-state index is 12.6. The number of nitrogens with one attached hydrogen (secondary N) is 1. The molecule has 0 spiro atoms. The molecule has 2 aromatic rings. The second kappa shape index (κ2) is 7.58. The fraction of sp³-hybridized carbons (Fsp3) is 0.474. The molecule has 4 atom stereocenters. The van der Waals surface area contributed by atoms with E-state index in [0.717, 1.165) is 18.4 Å². The predicted octanol–water partition coefficient (Wildman–Crippen LogP) is 2.34. The number of hydrogen-bond acceptors (Lipinski definition) is 3. The first-order chi connectivity index (χ1) is 11.7. The van der Waals surface area contributed by atoms with Crippen LogP contribution in [0.2, 0.25) is 0 Å². The van der Waals surface area contributed by atoms with Crippen LogP contribution in [-0.4, -0.2) is 21.7 Å². The van der Waals surface area contributed by atoms with E-state index in [0.29, 0.717) is 24.9 Å². The first kappa shape index (κ1) is 18.0. The summed E-state index contributed by atoms with van der Waals surface area (Å²) < 4.78 is 1.90. The maximum atomic E-state index is 12.6. The Balaban J connectivity index is 0.00000182. The molecule has 2 fully saturated rings. The van der Waals surface area contributed by atoms with Gasteiger partial charge in [0.2, 0.25) is 5.91 Å². The monoisotopic (exact) mass is 360 g/mol. The Hall–Kier alpha value is -1.85. The Morgan fingerprint density at radius 1 is 1.20 bits per heavy atom. The molecule has 2 aliphatic carbocycles. The van der Waals surface area contributed by atoms with Gasteiger partial charge in [-0.2, -0.15) is 5.10 Å². The molecule has 2 bridgehead atoms. The van der Waals surface area contributed by atoms with E-state index in [1.807, 2.05) is 29.1 Å². The van der Waals surface area contributed by atoms with Gasteiger partial charge in [0.05, 0.1) is 12.5 Å². The van der Waals surface area contributed by atoms with Crippen LogP contribution in [0.4, 0.5) is 0 Å². The Morgan fingerprint density at radius 2 is 1.96 bits per heavy atom. The lowest BCUT2D eigenvalue weighted by Gasteiger charge is -2.27. The number of aromatic nitrogens is 2. The lowest BCUT2D eigenvalue weighted by Crippen LogP contribution is -2.45. The first-order valence-electron chi connectivity index (χ1n) is 8.80. The predicted molar refractivity (Wildman–Crippen MR) is 99.2 cm³/mol. The minimum atomic E-state index is 0. The summed E-state index contributed by atoms with van der Waals surface area (Å²) in [6, 6.07) is 10.2. The minimum absolute atomic E-state index is 0. The number of rotatable bonds is 5. The van der Waals surface area contributed by atoms with Crippen LogP contribution in [0, 0.1) is 17.8 Å². The first-order valence-corrected chi connectivity index (χ1v) is 8.80. The van der Waals surface area contributed by atoms with Crippen LogP contribution < -0.4 is 11.1 Å². The van der Waals surface area contributed by atoms with Crippen LogP contribution in [0.5, 0.6) is 0 Å². The Morgan fingerprint density at radius 3 is 2.64 bits per heavy atom. The van der Waals surface area contributed by atoms with Gasteiger partial charge in [-0.25, -0.2) is 0 Å². The van der Waals surface area contributed by atoms with Crippen LogP contribution in [0.15, 0.2) is 42.7 Å². The molecule has 2 aliphatic rings. The minimum Gasteiger partial charge on any atom is -0.352 e. The van der Waals surface area contributed by atoms with E-state index in [1.165, 1.54) is 12.0 Å². The lowest BCUT2D eigenvalue weighted by molar-refractivity contribution is -0.127. The zero-order chi connectivity index (χ0) is 16.5. The molecule has 1 heterocycles. The zero-order valence-corrected chi connectivity index (χ0v) is 15.0. The van der Waals surface area contributed by atoms with Gasteiger partial charge in [-0.05, 0) is 48.3 Å². The molecule has 2 saturated carbocycles. The number of benzene rings is 1. The molecule has 25 heavy (non-hydrogen) atoms. The van der Waals surface area contributed by atoms with Gasteiger partial charge in [-0.3, -0.25) is 9.48 Å². The summed E-state index contributed by atoms with van der Waals surface area (Å²) in [5.41, 5.74) is 8.60. The number of fused-ring (bicyclic) bond motifs is 2. The van der Waals surface area contributed by atoms with Crippen molar-refractivity contribution in [2.24, 2.45) is 23.5 Å². The second-order valence-electron chi connectivity index (χ2n) is 7.13. The number of nitrogens with zero attached hydrogens (tertiary/aromatic N) is 2. The fourth-order valence-corrected chi connectivity index (χ4v) is 4.48. The number of halogens is 1. The third-order valence-corrected chi connectivity index (χ3v) is 5.75. The molecule has 1 aromatic carbocycles. The van der Waals surface area contributed by atoms with E-state index in [-0.39, 0.29) is 30.3 Å². The van der Waals surface area contributed by atoms with Gasteiger partial charge in [0.25, 0.3) is 0 Å². The summed E-state index contributed by atoms with van der Waals surface area (Å²) in [6.07, 6.45) is 7.22. The van der Waals surface area contributed by atoms with Gasteiger partial charge in [-0.15, -0.1) is 12.4 Å². The molecule has 1 amide bonds. The number of amides is 1. The highest BCUT2D eigenvalue weighted by atomic mass is 35.5. The second-order valence-corrected chi connectivity index (χ2v) is 7.13. The van der Waals surface area contributed by atoms with Crippen molar-refractivity contribution in [1.29, 1.82) is 0 Å². The van der Waals surface area contributed by atoms with Crippen molar-refractivity contribution in [2.45, 2.75) is 38.4 Å². The van der Waals surface area contributed by atoms with Crippen LogP contribution in [-0.2, 0) is 17.9 Å². The molecule has 4 unspecified atom stereocenters. The van der Waals surface area contributed by atoms with E-state index in [9.17, 15) is 4.79 Å². The molecule has 0 radical (unpaired) electrons. The quantitative estimate of drug-likeness (QED) is 0.859. The zero-order valence-electron chi connectivity index (χ0n) is 14.2. The number of carbonyl (C=O) groups is 1. The van der Waals surface area contributed by atoms with Crippen molar-refractivity contribution in [2.75, 3.05) is 0 Å². The smallest absolute Gasteiger partial charge is 0.225 e. The molecular formula is C19H25ClN4O. The molecule has 3 N–H and O–H groups in total. The van der Waals surface area contributed by atoms with E-state index in [2.05, 4.69) is 22.5 Å². The van der Waals surface area contributed by atoms with Crippen LogP contribution >= 0.6 is 12.4 Å². The van der Waals surface area contributed by atoms with Gasteiger partial charge in [0, 0.05) is 25.0 Å². The number of nitrogens with two attached hydrogens (primary N) is 1. The molecule has 1 aromatic heterocycles. The van der Waals surface area contributed by atoms with Crippen molar-refractivity contribution >= 4 is 18.3 Å². The normalized spacial score (nSPS) is 27.1. The van der Waals surface area contributed by atoms with E-state index >= 15 is 0 Å².